The zero-order valence-corrected chi connectivity index (χ0v) is 11.7. The van der Waals surface area contributed by atoms with Crippen LogP contribution in [-0.4, -0.2) is 18.9 Å². The molecule has 2 amide bonds. The number of aryl methyl sites for hydroxylation is 1. The first kappa shape index (κ1) is 13.2. The average Bonchev–Trinajstić information content (AvgIpc) is 2.71. The maximum absolute atomic E-state index is 12.5. The summed E-state index contributed by atoms with van der Waals surface area (Å²) >= 11 is 0. The van der Waals surface area contributed by atoms with Crippen LogP contribution in [-0.2, 0) is 0 Å². The molecule has 5 heteroatoms. The molecule has 0 atom stereocenters. The first-order valence-electron chi connectivity index (χ1n) is 6.46. The van der Waals surface area contributed by atoms with Gasteiger partial charge in [-0.25, -0.2) is 4.90 Å². The van der Waals surface area contributed by atoms with E-state index in [0.717, 1.165) is 10.5 Å². The summed E-state index contributed by atoms with van der Waals surface area (Å²) in [6.07, 6.45) is 0. The molecule has 0 aromatic heterocycles. The minimum atomic E-state index is -0.366. The smallest absolute Gasteiger partial charge is 0.266 e. The molecule has 0 saturated heterocycles. The van der Waals surface area contributed by atoms with E-state index in [9.17, 15) is 9.59 Å². The third-order valence-electron chi connectivity index (χ3n) is 3.52. The summed E-state index contributed by atoms with van der Waals surface area (Å²) in [5, 5.41) is 0. The molecule has 106 valence electrons. The van der Waals surface area contributed by atoms with Crippen LogP contribution in [0.4, 0.5) is 11.4 Å². The third kappa shape index (κ3) is 1.94. The SMILES string of the molecule is COc1ccc(N)c(N2C(=O)c3ccc(C)cc3C2=O)c1. The van der Waals surface area contributed by atoms with Gasteiger partial charge in [0.2, 0.25) is 0 Å². The Labute approximate surface area is 121 Å². The topological polar surface area (TPSA) is 72.6 Å². The molecule has 0 unspecified atom stereocenters. The van der Waals surface area contributed by atoms with Gasteiger partial charge in [-0.15, -0.1) is 0 Å². The molecule has 5 nitrogen and oxygen atoms in total. The summed E-state index contributed by atoms with van der Waals surface area (Å²) in [5.74, 6) is -0.194. The maximum atomic E-state index is 12.5. The number of nitrogen functional groups attached to an aromatic ring is 1. The summed E-state index contributed by atoms with van der Waals surface area (Å²) in [7, 11) is 1.51. The lowest BCUT2D eigenvalue weighted by Crippen LogP contribution is -2.30. The second-order valence-corrected chi connectivity index (χ2v) is 4.92. The molecule has 0 saturated carbocycles. The van der Waals surface area contributed by atoms with Crippen LogP contribution >= 0.6 is 0 Å². The summed E-state index contributed by atoms with van der Waals surface area (Å²) in [6, 6.07) is 10.1. The molecule has 0 spiro atoms. The average molecular weight is 282 g/mol. The molecule has 1 aliphatic heterocycles. The first-order valence-corrected chi connectivity index (χ1v) is 6.46. The van der Waals surface area contributed by atoms with Gasteiger partial charge in [0.05, 0.1) is 29.6 Å². The van der Waals surface area contributed by atoms with E-state index in [1.54, 1.807) is 30.3 Å². The van der Waals surface area contributed by atoms with Crippen LogP contribution in [0.2, 0.25) is 0 Å². The standard InChI is InChI=1S/C16H14N2O3/c1-9-3-5-11-12(7-9)16(20)18(15(11)19)14-8-10(21-2)4-6-13(14)17/h3-8H,17H2,1-2H3. The Balaban J connectivity index is 2.14. The lowest BCUT2D eigenvalue weighted by molar-refractivity contribution is 0.0926. The van der Waals surface area contributed by atoms with Crippen molar-refractivity contribution >= 4 is 23.2 Å². The van der Waals surface area contributed by atoms with E-state index in [0.29, 0.717) is 28.3 Å². The highest BCUT2D eigenvalue weighted by Gasteiger charge is 2.37. The van der Waals surface area contributed by atoms with Crippen LogP contribution in [0, 0.1) is 6.92 Å². The molecule has 0 radical (unpaired) electrons. The number of nitrogens with zero attached hydrogens (tertiary/aromatic N) is 1. The molecular formula is C16H14N2O3. The zero-order chi connectivity index (χ0) is 15.1. The number of benzene rings is 2. The van der Waals surface area contributed by atoms with Gasteiger partial charge in [-0.1, -0.05) is 11.6 Å². The number of methoxy groups -OCH3 is 1. The predicted octanol–water partition coefficient (Wildman–Crippen LogP) is 2.39. The van der Waals surface area contributed by atoms with Crippen LogP contribution in [0.25, 0.3) is 0 Å². The highest BCUT2D eigenvalue weighted by Crippen LogP contribution is 2.34. The number of carbonyl (C=O) groups is 2. The molecule has 1 heterocycles. The van der Waals surface area contributed by atoms with Crippen molar-refractivity contribution in [2.24, 2.45) is 0 Å². The van der Waals surface area contributed by atoms with Gasteiger partial charge < -0.3 is 10.5 Å². The van der Waals surface area contributed by atoms with Crippen LogP contribution < -0.4 is 15.4 Å². The molecule has 2 N–H and O–H groups in total. The third-order valence-corrected chi connectivity index (χ3v) is 3.52. The zero-order valence-electron chi connectivity index (χ0n) is 11.7. The summed E-state index contributed by atoms with van der Waals surface area (Å²) in [6.45, 7) is 1.88. The van der Waals surface area contributed by atoms with Crippen LogP contribution in [0.5, 0.6) is 5.75 Å². The van der Waals surface area contributed by atoms with E-state index < -0.39 is 0 Å². The van der Waals surface area contributed by atoms with Gasteiger partial charge >= 0.3 is 0 Å². The van der Waals surface area contributed by atoms with E-state index >= 15 is 0 Å². The Morgan fingerprint density at radius 2 is 1.71 bits per heavy atom. The molecule has 2 aromatic rings. The summed E-state index contributed by atoms with van der Waals surface area (Å²) in [4.78, 5) is 26.1. The Kier molecular flexibility index (Phi) is 2.90. The largest absolute Gasteiger partial charge is 0.497 e. The summed E-state index contributed by atoms with van der Waals surface area (Å²) in [5.41, 5.74) is 8.33. The van der Waals surface area contributed by atoms with Crippen LogP contribution in [0.1, 0.15) is 26.3 Å². The van der Waals surface area contributed by atoms with Crippen molar-refractivity contribution in [2.45, 2.75) is 6.92 Å². The number of anilines is 2. The molecular weight excluding hydrogens is 268 g/mol. The normalized spacial score (nSPS) is 13.5. The minimum Gasteiger partial charge on any atom is -0.497 e. The van der Waals surface area contributed by atoms with Crippen molar-refractivity contribution in [3.05, 3.63) is 53.1 Å². The van der Waals surface area contributed by atoms with Gasteiger partial charge in [0, 0.05) is 6.07 Å². The second kappa shape index (κ2) is 4.63. The van der Waals surface area contributed by atoms with E-state index in [1.165, 1.54) is 7.11 Å². The monoisotopic (exact) mass is 282 g/mol. The van der Waals surface area contributed by atoms with Crippen molar-refractivity contribution in [3.63, 3.8) is 0 Å². The quantitative estimate of drug-likeness (QED) is 0.678. The van der Waals surface area contributed by atoms with E-state index in [2.05, 4.69) is 0 Å². The van der Waals surface area contributed by atoms with Crippen molar-refractivity contribution in [3.8, 4) is 5.75 Å². The van der Waals surface area contributed by atoms with Gasteiger partial charge in [-0.3, -0.25) is 9.59 Å². The van der Waals surface area contributed by atoms with E-state index in [4.69, 9.17) is 10.5 Å². The molecule has 3 rings (SSSR count). The fourth-order valence-corrected chi connectivity index (χ4v) is 2.42. The van der Waals surface area contributed by atoms with Gasteiger partial charge in [0.15, 0.2) is 0 Å². The van der Waals surface area contributed by atoms with Gasteiger partial charge in [0.1, 0.15) is 5.75 Å². The molecule has 21 heavy (non-hydrogen) atoms. The number of hydrogen-bond donors (Lipinski definition) is 1. The van der Waals surface area contributed by atoms with Crippen molar-refractivity contribution in [2.75, 3.05) is 17.7 Å². The molecule has 0 fully saturated rings. The van der Waals surface area contributed by atoms with Gasteiger partial charge in [-0.05, 0) is 31.2 Å². The van der Waals surface area contributed by atoms with Crippen molar-refractivity contribution < 1.29 is 14.3 Å². The Hall–Kier alpha value is -2.82. The number of carbonyl (C=O) groups excluding carboxylic acids is 2. The number of amides is 2. The Morgan fingerprint density at radius 3 is 2.43 bits per heavy atom. The highest BCUT2D eigenvalue weighted by atomic mass is 16.5. The molecule has 0 aliphatic carbocycles. The highest BCUT2D eigenvalue weighted by molar-refractivity contribution is 6.35. The molecule has 1 aliphatic rings. The molecule has 0 bridgehead atoms. The van der Waals surface area contributed by atoms with Crippen LogP contribution in [0.3, 0.4) is 0 Å². The Bertz CT molecular complexity index is 768. The number of imide groups is 1. The number of rotatable bonds is 2. The minimum absolute atomic E-state index is 0.346. The lowest BCUT2D eigenvalue weighted by Gasteiger charge is -2.17. The number of nitrogens with two attached hydrogens (primary N) is 1. The van der Waals surface area contributed by atoms with Crippen LogP contribution in [0.15, 0.2) is 36.4 Å². The Morgan fingerprint density at radius 1 is 1.00 bits per heavy atom. The lowest BCUT2D eigenvalue weighted by atomic mass is 10.1. The number of hydrogen-bond acceptors (Lipinski definition) is 4. The maximum Gasteiger partial charge on any atom is 0.266 e. The fourth-order valence-electron chi connectivity index (χ4n) is 2.42. The summed E-state index contributed by atoms with van der Waals surface area (Å²) < 4.78 is 5.13. The number of ether oxygens (including phenoxy) is 1. The van der Waals surface area contributed by atoms with E-state index in [1.807, 2.05) is 13.0 Å². The second-order valence-electron chi connectivity index (χ2n) is 4.92. The predicted molar refractivity (Wildman–Crippen MR) is 79.7 cm³/mol. The molecule has 2 aromatic carbocycles. The first-order chi connectivity index (χ1) is 10.0. The fraction of sp³-hybridized carbons (Fsp3) is 0.125. The van der Waals surface area contributed by atoms with Crippen molar-refractivity contribution in [1.82, 2.24) is 0 Å². The number of fused-ring (bicyclic) bond motifs is 1. The van der Waals surface area contributed by atoms with Gasteiger partial charge in [-0.2, -0.15) is 0 Å². The van der Waals surface area contributed by atoms with E-state index in [-0.39, 0.29) is 11.8 Å². The van der Waals surface area contributed by atoms with Crippen molar-refractivity contribution in [1.29, 1.82) is 0 Å². The van der Waals surface area contributed by atoms with Gasteiger partial charge in [0.25, 0.3) is 11.8 Å².